The van der Waals surface area contributed by atoms with Crippen molar-refractivity contribution in [2.75, 3.05) is 10.6 Å². The zero-order valence-electron chi connectivity index (χ0n) is 13.5. The van der Waals surface area contributed by atoms with Crippen molar-refractivity contribution in [3.05, 3.63) is 77.4 Å². The van der Waals surface area contributed by atoms with E-state index in [0.717, 1.165) is 5.56 Å². The second-order valence-corrected chi connectivity index (χ2v) is 5.82. The van der Waals surface area contributed by atoms with Gasteiger partial charge in [-0.25, -0.2) is 9.78 Å². The number of rotatable bonds is 4. The molecule has 0 fully saturated rings. The minimum absolute atomic E-state index is 0.365. The highest BCUT2D eigenvalue weighted by atomic mass is 35.5. The highest BCUT2D eigenvalue weighted by molar-refractivity contribution is 6.30. The summed E-state index contributed by atoms with van der Waals surface area (Å²) in [5.41, 5.74) is 2.36. The summed E-state index contributed by atoms with van der Waals surface area (Å²) in [6, 6.07) is 17.6. The Kier molecular flexibility index (Phi) is 5.16. The first kappa shape index (κ1) is 16.8. The van der Waals surface area contributed by atoms with Gasteiger partial charge in [-0.05, 0) is 49.4 Å². The summed E-state index contributed by atoms with van der Waals surface area (Å²) in [4.78, 5) is 16.1. The van der Waals surface area contributed by atoms with Crippen LogP contribution in [0.1, 0.15) is 5.56 Å². The lowest BCUT2D eigenvalue weighted by Crippen LogP contribution is -2.19. The van der Waals surface area contributed by atoms with Crippen molar-refractivity contribution in [1.82, 2.24) is 4.98 Å². The summed E-state index contributed by atoms with van der Waals surface area (Å²) in [6.07, 6.45) is 1.53. The van der Waals surface area contributed by atoms with Gasteiger partial charge in [0.15, 0.2) is 0 Å². The van der Waals surface area contributed by atoms with Gasteiger partial charge in [0.1, 0.15) is 5.75 Å². The Labute approximate surface area is 150 Å². The van der Waals surface area contributed by atoms with Crippen molar-refractivity contribution in [3.8, 4) is 11.6 Å². The van der Waals surface area contributed by atoms with Gasteiger partial charge in [-0.2, -0.15) is 0 Å². The van der Waals surface area contributed by atoms with Crippen molar-refractivity contribution < 1.29 is 9.53 Å². The predicted octanol–water partition coefficient (Wildman–Crippen LogP) is 5.48. The number of aromatic nitrogens is 1. The summed E-state index contributed by atoms with van der Waals surface area (Å²) in [5.74, 6) is 1.16. The molecule has 2 amide bonds. The molecule has 2 aromatic carbocycles. The Morgan fingerprint density at radius 1 is 0.920 bits per heavy atom. The molecule has 1 heterocycles. The number of hydrogen-bond donors (Lipinski definition) is 2. The normalized spacial score (nSPS) is 10.2. The molecule has 0 radical (unpaired) electrons. The number of amides is 2. The second-order valence-electron chi connectivity index (χ2n) is 5.39. The topological polar surface area (TPSA) is 63.2 Å². The average molecular weight is 354 g/mol. The molecule has 0 spiro atoms. The van der Waals surface area contributed by atoms with Crippen molar-refractivity contribution in [1.29, 1.82) is 0 Å². The molecule has 126 valence electrons. The first-order chi connectivity index (χ1) is 12.1. The van der Waals surface area contributed by atoms with Crippen LogP contribution in [0, 0.1) is 6.92 Å². The van der Waals surface area contributed by atoms with Crippen LogP contribution in [0.3, 0.4) is 0 Å². The first-order valence-electron chi connectivity index (χ1n) is 7.63. The van der Waals surface area contributed by atoms with Gasteiger partial charge in [-0.3, -0.25) is 0 Å². The van der Waals surface area contributed by atoms with E-state index in [2.05, 4.69) is 15.6 Å². The minimum atomic E-state index is -0.365. The van der Waals surface area contributed by atoms with Crippen molar-refractivity contribution >= 4 is 29.0 Å². The van der Waals surface area contributed by atoms with Gasteiger partial charge in [0.05, 0.1) is 11.9 Å². The molecule has 6 heteroatoms. The van der Waals surface area contributed by atoms with E-state index in [1.165, 1.54) is 6.20 Å². The zero-order valence-corrected chi connectivity index (χ0v) is 14.2. The summed E-state index contributed by atoms with van der Waals surface area (Å²) >= 11 is 5.81. The Balaban J connectivity index is 1.57. The highest BCUT2D eigenvalue weighted by Crippen LogP contribution is 2.21. The predicted molar refractivity (Wildman–Crippen MR) is 99.6 cm³/mol. The fourth-order valence-corrected chi connectivity index (χ4v) is 2.19. The largest absolute Gasteiger partial charge is 0.439 e. The fraction of sp³-hybridized carbons (Fsp3) is 0.0526. The summed E-state index contributed by atoms with van der Waals surface area (Å²) in [6.45, 7) is 2.01. The monoisotopic (exact) mass is 353 g/mol. The van der Waals surface area contributed by atoms with Crippen molar-refractivity contribution in [2.24, 2.45) is 0 Å². The van der Waals surface area contributed by atoms with E-state index in [4.69, 9.17) is 16.3 Å². The number of nitrogens with one attached hydrogen (secondary N) is 2. The molecule has 0 unspecified atom stereocenters. The molecule has 1 aromatic heterocycles. The van der Waals surface area contributed by atoms with Crippen LogP contribution < -0.4 is 15.4 Å². The number of carbonyl (C=O) groups excluding carboxylic acids is 1. The molecule has 0 aliphatic carbocycles. The SMILES string of the molecule is Cc1ccc(Oc2ccc(NC(=O)Nc3ccc(Cl)cc3)cn2)cc1. The molecule has 3 rings (SSSR count). The van der Waals surface area contributed by atoms with Crippen LogP contribution in [0.2, 0.25) is 5.02 Å². The first-order valence-corrected chi connectivity index (χ1v) is 8.00. The number of carbonyl (C=O) groups is 1. The maximum atomic E-state index is 12.0. The lowest BCUT2D eigenvalue weighted by molar-refractivity contribution is 0.262. The minimum Gasteiger partial charge on any atom is -0.439 e. The van der Waals surface area contributed by atoms with Gasteiger partial charge in [0.2, 0.25) is 5.88 Å². The number of ether oxygens (including phenoxy) is 1. The molecule has 0 bridgehead atoms. The number of aryl methyl sites for hydroxylation is 1. The third-order valence-electron chi connectivity index (χ3n) is 3.34. The molecule has 0 atom stereocenters. The number of hydrogen-bond acceptors (Lipinski definition) is 3. The lowest BCUT2D eigenvalue weighted by atomic mass is 10.2. The van der Waals surface area contributed by atoms with Crippen LogP contribution in [-0.4, -0.2) is 11.0 Å². The van der Waals surface area contributed by atoms with Gasteiger partial charge in [-0.15, -0.1) is 0 Å². The van der Waals surface area contributed by atoms with Crippen molar-refractivity contribution in [3.63, 3.8) is 0 Å². The average Bonchev–Trinajstić information content (AvgIpc) is 2.61. The molecule has 3 aromatic rings. The smallest absolute Gasteiger partial charge is 0.323 e. The molecule has 5 nitrogen and oxygen atoms in total. The van der Waals surface area contributed by atoms with Crippen LogP contribution >= 0.6 is 11.6 Å². The van der Waals surface area contributed by atoms with Gasteiger partial charge in [0, 0.05) is 16.8 Å². The van der Waals surface area contributed by atoms with E-state index in [0.29, 0.717) is 28.0 Å². The Bertz CT molecular complexity index is 847. The van der Waals surface area contributed by atoms with Crippen molar-refractivity contribution in [2.45, 2.75) is 6.92 Å². The molecule has 25 heavy (non-hydrogen) atoms. The van der Waals surface area contributed by atoms with Gasteiger partial charge in [-0.1, -0.05) is 29.3 Å². The van der Waals surface area contributed by atoms with E-state index >= 15 is 0 Å². The second kappa shape index (κ2) is 7.68. The Morgan fingerprint density at radius 3 is 2.20 bits per heavy atom. The van der Waals surface area contributed by atoms with Crippen LogP contribution in [0.25, 0.3) is 0 Å². The van der Waals surface area contributed by atoms with Gasteiger partial charge in [0.25, 0.3) is 0 Å². The number of urea groups is 1. The van der Waals surface area contributed by atoms with Crippen LogP contribution in [0.15, 0.2) is 66.9 Å². The van der Waals surface area contributed by atoms with Crippen LogP contribution in [0.4, 0.5) is 16.2 Å². The van der Waals surface area contributed by atoms with Crippen LogP contribution in [0.5, 0.6) is 11.6 Å². The standard InChI is InChI=1S/C19H16ClN3O2/c1-13-2-9-17(10-3-13)25-18-11-8-16(12-21-18)23-19(24)22-15-6-4-14(20)5-7-15/h2-12H,1H3,(H2,22,23,24). The van der Waals surface area contributed by atoms with E-state index in [-0.39, 0.29) is 6.03 Å². The third-order valence-corrected chi connectivity index (χ3v) is 3.59. The summed E-state index contributed by atoms with van der Waals surface area (Å²) < 4.78 is 5.65. The molecule has 2 N–H and O–H groups in total. The fourth-order valence-electron chi connectivity index (χ4n) is 2.07. The molecule has 0 saturated heterocycles. The highest BCUT2D eigenvalue weighted by Gasteiger charge is 2.04. The molecule has 0 aliphatic heterocycles. The number of benzene rings is 2. The summed E-state index contributed by atoms with van der Waals surface area (Å²) in [7, 11) is 0. The van der Waals surface area contributed by atoms with Gasteiger partial charge >= 0.3 is 6.03 Å². The number of anilines is 2. The quantitative estimate of drug-likeness (QED) is 0.652. The molecular weight excluding hydrogens is 338 g/mol. The van der Waals surface area contributed by atoms with E-state index in [1.807, 2.05) is 31.2 Å². The lowest BCUT2D eigenvalue weighted by Gasteiger charge is -2.09. The maximum absolute atomic E-state index is 12.0. The van der Waals surface area contributed by atoms with E-state index < -0.39 is 0 Å². The third kappa shape index (κ3) is 4.96. The van der Waals surface area contributed by atoms with Gasteiger partial charge < -0.3 is 15.4 Å². The Hall–Kier alpha value is -3.05. The van der Waals surface area contributed by atoms with Crippen LogP contribution in [-0.2, 0) is 0 Å². The number of halogens is 1. The Morgan fingerprint density at radius 2 is 1.56 bits per heavy atom. The molecule has 0 saturated carbocycles. The zero-order chi connectivity index (χ0) is 17.6. The molecule has 0 aliphatic rings. The molecular formula is C19H16ClN3O2. The number of pyridine rings is 1. The number of nitrogens with zero attached hydrogens (tertiary/aromatic N) is 1. The maximum Gasteiger partial charge on any atom is 0.323 e. The van der Waals surface area contributed by atoms with E-state index in [9.17, 15) is 4.79 Å². The summed E-state index contributed by atoms with van der Waals surface area (Å²) in [5, 5.41) is 6.02. The van der Waals surface area contributed by atoms with E-state index in [1.54, 1.807) is 36.4 Å².